The number of halogens is 1. The van der Waals surface area contributed by atoms with E-state index >= 15 is 0 Å². The predicted octanol–water partition coefficient (Wildman–Crippen LogP) is 2.29. The molecular formula is C12H18FNO2. The van der Waals surface area contributed by atoms with Crippen LogP contribution in [0, 0.1) is 5.82 Å². The minimum atomic E-state index is -0.231. The van der Waals surface area contributed by atoms with Crippen molar-refractivity contribution >= 4 is 5.69 Å². The Morgan fingerprint density at radius 2 is 2.12 bits per heavy atom. The average Bonchev–Trinajstić information content (AvgIpc) is 2.28. The van der Waals surface area contributed by atoms with Crippen LogP contribution < -0.4 is 5.32 Å². The zero-order valence-corrected chi connectivity index (χ0v) is 9.54. The second-order valence-electron chi connectivity index (χ2n) is 3.40. The summed E-state index contributed by atoms with van der Waals surface area (Å²) in [6.45, 7) is 2.70. The number of hydrogen-bond acceptors (Lipinski definition) is 3. The molecule has 3 nitrogen and oxygen atoms in total. The predicted molar refractivity (Wildman–Crippen MR) is 62.2 cm³/mol. The molecule has 1 rings (SSSR count). The van der Waals surface area contributed by atoms with Gasteiger partial charge in [0.25, 0.3) is 0 Å². The maximum atomic E-state index is 12.8. The van der Waals surface area contributed by atoms with Crippen molar-refractivity contribution in [2.24, 2.45) is 0 Å². The smallest absolute Gasteiger partial charge is 0.125 e. The molecule has 0 saturated heterocycles. The van der Waals surface area contributed by atoms with E-state index in [-0.39, 0.29) is 5.82 Å². The molecule has 16 heavy (non-hydrogen) atoms. The monoisotopic (exact) mass is 227 g/mol. The molecule has 1 N–H and O–H groups in total. The Morgan fingerprint density at radius 3 is 2.88 bits per heavy atom. The van der Waals surface area contributed by atoms with Crippen molar-refractivity contribution in [3.05, 3.63) is 30.1 Å². The average molecular weight is 227 g/mol. The van der Waals surface area contributed by atoms with E-state index in [1.807, 2.05) is 6.07 Å². The summed E-state index contributed by atoms with van der Waals surface area (Å²) in [6.07, 6.45) is 0.899. The number of nitrogens with one attached hydrogen (secondary N) is 1. The van der Waals surface area contributed by atoms with Crippen LogP contribution in [0.5, 0.6) is 0 Å². The summed E-state index contributed by atoms with van der Waals surface area (Å²) in [6, 6.07) is 6.39. The van der Waals surface area contributed by atoms with Crippen LogP contribution in [-0.4, -0.2) is 33.5 Å². The van der Waals surface area contributed by atoms with Gasteiger partial charge >= 0.3 is 0 Å². The molecule has 0 saturated carbocycles. The molecule has 0 aliphatic heterocycles. The number of benzene rings is 1. The molecule has 0 spiro atoms. The Labute approximate surface area is 95.6 Å². The van der Waals surface area contributed by atoms with Crippen molar-refractivity contribution in [2.75, 3.05) is 38.8 Å². The van der Waals surface area contributed by atoms with Gasteiger partial charge in [-0.05, 0) is 24.6 Å². The molecule has 4 heteroatoms. The maximum Gasteiger partial charge on any atom is 0.125 e. The second-order valence-corrected chi connectivity index (χ2v) is 3.40. The summed E-state index contributed by atoms with van der Waals surface area (Å²) in [5.74, 6) is -0.231. The van der Waals surface area contributed by atoms with Crippen molar-refractivity contribution in [2.45, 2.75) is 6.42 Å². The van der Waals surface area contributed by atoms with Crippen LogP contribution in [0.3, 0.4) is 0 Å². The first-order chi connectivity index (χ1) is 7.83. The van der Waals surface area contributed by atoms with Gasteiger partial charge in [0.05, 0.1) is 6.61 Å². The molecule has 0 bridgehead atoms. The maximum absolute atomic E-state index is 12.8. The van der Waals surface area contributed by atoms with Crippen molar-refractivity contribution in [1.29, 1.82) is 0 Å². The van der Waals surface area contributed by atoms with E-state index < -0.39 is 0 Å². The standard InChI is InChI=1S/C12H18FNO2/c1-15-7-3-8-16-9-6-14-12-5-2-4-11(13)10-12/h2,4-5,10,14H,3,6-9H2,1H3. The quantitative estimate of drug-likeness (QED) is 0.691. The molecule has 1 aromatic rings. The first-order valence-corrected chi connectivity index (χ1v) is 5.39. The molecule has 0 aliphatic rings. The summed E-state index contributed by atoms with van der Waals surface area (Å²) in [5, 5.41) is 3.08. The topological polar surface area (TPSA) is 30.5 Å². The number of anilines is 1. The van der Waals surface area contributed by atoms with Crippen molar-refractivity contribution < 1.29 is 13.9 Å². The molecule has 0 aromatic heterocycles. The van der Waals surface area contributed by atoms with Gasteiger partial charge in [-0.3, -0.25) is 0 Å². The molecule has 0 heterocycles. The minimum absolute atomic E-state index is 0.231. The van der Waals surface area contributed by atoms with Crippen LogP contribution in [0.25, 0.3) is 0 Å². The van der Waals surface area contributed by atoms with Gasteiger partial charge in [-0.25, -0.2) is 4.39 Å². The fourth-order valence-corrected chi connectivity index (χ4v) is 1.27. The van der Waals surface area contributed by atoms with Crippen molar-refractivity contribution in [3.63, 3.8) is 0 Å². The number of rotatable bonds is 8. The van der Waals surface area contributed by atoms with Crippen molar-refractivity contribution in [3.8, 4) is 0 Å². The third-order valence-electron chi connectivity index (χ3n) is 2.04. The SMILES string of the molecule is COCCCOCCNc1cccc(F)c1. The highest BCUT2D eigenvalue weighted by atomic mass is 19.1. The fraction of sp³-hybridized carbons (Fsp3) is 0.500. The zero-order valence-electron chi connectivity index (χ0n) is 9.54. The van der Waals surface area contributed by atoms with Gasteiger partial charge in [0, 0.05) is 32.6 Å². The third-order valence-corrected chi connectivity index (χ3v) is 2.04. The lowest BCUT2D eigenvalue weighted by Gasteiger charge is -2.07. The summed E-state index contributed by atoms with van der Waals surface area (Å²) in [4.78, 5) is 0. The Balaban J connectivity index is 2.03. The van der Waals surface area contributed by atoms with Gasteiger partial charge in [0.1, 0.15) is 5.82 Å². The van der Waals surface area contributed by atoms with Crippen LogP contribution >= 0.6 is 0 Å². The van der Waals surface area contributed by atoms with E-state index in [2.05, 4.69) is 5.32 Å². The highest BCUT2D eigenvalue weighted by molar-refractivity contribution is 5.42. The number of ether oxygens (including phenoxy) is 2. The molecule has 1 aromatic carbocycles. The summed E-state index contributed by atoms with van der Waals surface area (Å²) in [7, 11) is 1.67. The van der Waals surface area contributed by atoms with Gasteiger partial charge in [0.2, 0.25) is 0 Å². The van der Waals surface area contributed by atoms with Gasteiger partial charge in [-0.15, -0.1) is 0 Å². The van der Waals surface area contributed by atoms with E-state index in [4.69, 9.17) is 9.47 Å². The lowest BCUT2D eigenvalue weighted by atomic mass is 10.3. The molecule has 0 unspecified atom stereocenters. The largest absolute Gasteiger partial charge is 0.385 e. The Morgan fingerprint density at radius 1 is 1.25 bits per heavy atom. The van der Waals surface area contributed by atoms with E-state index in [1.54, 1.807) is 13.2 Å². The molecule has 90 valence electrons. The van der Waals surface area contributed by atoms with E-state index in [0.717, 1.165) is 18.7 Å². The van der Waals surface area contributed by atoms with Gasteiger partial charge < -0.3 is 14.8 Å². The van der Waals surface area contributed by atoms with Crippen LogP contribution in [0.2, 0.25) is 0 Å². The van der Waals surface area contributed by atoms with Gasteiger partial charge in [-0.1, -0.05) is 6.07 Å². The summed E-state index contributed by atoms with van der Waals surface area (Å²) < 4.78 is 23.0. The van der Waals surface area contributed by atoms with Gasteiger partial charge in [0.15, 0.2) is 0 Å². The summed E-state index contributed by atoms with van der Waals surface area (Å²) >= 11 is 0. The normalized spacial score (nSPS) is 10.4. The Kier molecular flexibility index (Phi) is 6.53. The molecule has 0 aliphatic carbocycles. The number of methoxy groups -OCH3 is 1. The Hall–Kier alpha value is -1.13. The lowest BCUT2D eigenvalue weighted by Crippen LogP contribution is -2.10. The zero-order chi connectivity index (χ0) is 11.6. The van der Waals surface area contributed by atoms with Crippen LogP contribution in [0.15, 0.2) is 24.3 Å². The van der Waals surface area contributed by atoms with E-state index in [0.29, 0.717) is 19.8 Å². The summed E-state index contributed by atoms with van der Waals surface area (Å²) in [5.41, 5.74) is 0.778. The molecular weight excluding hydrogens is 209 g/mol. The van der Waals surface area contributed by atoms with Gasteiger partial charge in [-0.2, -0.15) is 0 Å². The minimum Gasteiger partial charge on any atom is -0.385 e. The highest BCUT2D eigenvalue weighted by Crippen LogP contribution is 2.08. The van der Waals surface area contributed by atoms with E-state index in [9.17, 15) is 4.39 Å². The second kappa shape index (κ2) is 8.07. The molecule has 0 amide bonds. The lowest BCUT2D eigenvalue weighted by molar-refractivity contribution is 0.109. The number of hydrogen-bond donors (Lipinski definition) is 1. The highest BCUT2D eigenvalue weighted by Gasteiger charge is 1.94. The Bertz CT molecular complexity index is 294. The fourth-order valence-electron chi connectivity index (χ4n) is 1.27. The molecule has 0 fully saturated rings. The van der Waals surface area contributed by atoms with Crippen LogP contribution in [0.1, 0.15) is 6.42 Å². The first-order valence-electron chi connectivity index (χ1n) is 5.39. The van der Waals surface area contributed by atoms with Crippen LogP contribution in [0.4, 0.5) is 10.1 Å². The molecule has 0 radical (unpaired) electrons. The van der Waals surface area contributed by atoms with E-state index in [1.165, 1.54) is 12.1 Å². The molecule has 0 atom stereocenters. The van der Waals surface area contributed by atoms with Crippen molar-refractivity contribution in [1.82, 2.24) is 0 Å². The first kappa shape index (κ1) is 12.9. The third kappa shape index (κ3) is 5.68. The van der Waals surface area contributed by atoms with Crippen LogP contribution in [-0.2, 0) is 9.47 Å².